The Labute approximate surface area is 121 Å². The van der Waals surface area contributed by atoms with Crippen LogP contribution >= 0.6 is 0 Å². The van der Waals surface area contributed by atoms with Crippen LogP contribution in [0.5, 0.6) is 0 Å². The third-order valence-corrected chi connectivity index (χ3v) is 4.70. The molecular formula is C17H23N3. The molecule has 3 nitrogen and oxygen atoms in total. The topological polar surface area (TPSA) is 28.2 Å². The minimum Gasteiger partial charge on any atom is -0.314 e. The van der Waals surface area contributed by atoms with Crippen LogP contribution in [-0.2, 0) is 6.54 Å². The zero-order valence-electron chi connectivity index (χ0n) is 12.4. The van der Waals surface area contributed by atoms with Gasteiger partial charge in [0.25, 0.3) is 0 Å². The normalized spacial score (nSPS) is 19.3. The molecule has 0 aliphatic carbocycles. The summed E-state index contributed by atoms with van der Waals surface area (Å²) in [6.45, 7) is 5.68. The number of nitrogens with one attached hydrogen (secondary N) is 1. The van der Waals surface area contributed by atoms with Crippen molar-refractivity contribution in [3.8, 4) is 0 Å². The summed E-state index contributed by atoms with van der Waals surface area (Å²) in [6.07, 6.45) is 4.36. The molecular weight excluding hydrogens is 246 g/mol. The van der Waals surface area contributed by atoms with Gasteiger partial charge in [-0.3, -0.25) is 9.88 Å². The highest BCUT2D eigenvalue weighted by molar-refractivity contribution is 5.81. The third-order valence-electron chi connectivity index (χ3n) is 4.70. The highest BCUT2D eigenvalue weighted by Crippen LogP contribution is 2.24. The van der Waals surface area contributed by atoms with E-state index >= 15 is 0 Å². The molecule has 0 amide bonds. The maximum Gasteiger partial charge on any atom is 0.0705 e. The molecule has 1 aromatic carbocycles. The zero-order chi connectivity index (χ0) is 14.0. The third kappa shape index (κ3) is 2.69. The molecule has 0 spiro atoms. The van der Waals surface area contributed by atoms with Gasteiger partial charge in [-0.25, -0.2) is 0 Å². The lowest BCUT2D eigenvalue weighted by molar-refractivity contribution is 0.146. The van der Waals surface area contributed by atoms with Gasteiger partial charge >= 0.3 is 0 Å². The molecule has 2 aromatic rings. The van der Waals surface area contributed by atoms with Gasteiger partial charge in [0, 0.05) is 36.8 Å². The van der Waals surface area contributed by atoms with Crippen molar-refractivity contribution >= 4 is 10.9 Å². The van der Waals surface area contributed by atoms with Crippen molar-refractivity contribution in [1.29, 1.82) is 0 Å². The summed E-state index contributed by atoms with van der Waals surface area (Å²) in [7, 11) is 2.08. The summed E-state index contributed by atoms with van der Waals surface area (Å²) in [5, 5.41) is 4.75. The first-order valence-electron chi connectivity index (χ1n) is 7.44. The molecule has 0 bridgehead atoms. The number of likely N-dealkylation sites (tertiary alicyclic amines) is 1. The fourth-order valence-electron chi connectivity index (χ4n) is 2.99. The van der Waals surface area contributed by atoms with E-state index in [9.17, 15) is 0 Å². The first kappa shape index (κ1) is 13.5. The van der Waals surface area contributed by atoms with Crippen LogP contribution in [0.3, 0.4) is 0 Å². The standard InChI is InChI=1S/C17H23N3/c1-17(18-2)8-11-20(12-9-17)13-14-7-10-19-16-6-4-3-5-15(14)16/h3-7,10,18H,8-9,11-13H2,1-2H3. The van der Waals surface area contributed by atoms with Crippen molar-refractivity contribution in [3.05, 3.63) is 42.1 Å². The quantitative estimate of drug-likeness (QED) is 0.928. The van der Waals surface area contributed by atoms with E-state index in [2.05, 4.69) is 59.5 Å². The Morgan fingerprint density at radius 3 is 2.70 bits per heavy atom. The molecule has 0 saturated carbocycles. The highest BCUT2D eigenvalue weighted by Gasteiger charge is 2.28. The highest BCUT2D eigenvalue weighted by atomic mass is 15.1. The molecule has 0 atom stereocenters. The van der Waals surface area contributed by atoms with Crippen LogP contribution in [0.1, 0.15) is 25.3 Å². The fourth-order valence-corrected chi connectivity index (χ4v) is 2.99. The minimum atomic E-state index is 0.316. The number of nitrogens with zero attached hydrogens (tertiary/aromatic N) is 2. The molecule has 3 heteroatoms. The van der Waals surface area contributed by atoms with Gasteiger partial charge in [-0.1, -0.05) is 18.2 Å². The molecule has 1 aliphatic rings. The number of para-hydroxylation sites is 1. The van der Waals surface area contributed by atoms with Crippen LogP contribution in [0, 0.1) is 0 Å². The molecule has 1 aromatic heterocycles. The number of hydrogen-bond donors (Lipinski definition) is 1. The summed E-state index contributed by atoms with van der Waals surface area (Å²) in [5.74, 6) is 0. The van der Waals surface area contributed by atoms with Crippen molar-refractivity contribution in [2.24, 2.45) is 0 Å². The van der Waals surface area contributed by atoms with Crippen molar-refractivity contribution < 1.29 is 0 Å². The molecule has 2 heterocycles. The first-order valence-corrected chi connectivity index (χ1v) is 7.44. The van der Waals surface area contributed by atoms with Crippen LogP contribution in [0.15, 0.2) is 36.5 Å². The average molecular weight is 269 g/mol. The summed E-state index contributed by atoms with van der Waals surface area (Å²) in [6, 6.07) is 10.6. The molecule has 1 N–H and O–H groups in total. The predicted octanol–water partition coefficient (Wildman–Crippen LogP) is 2.81. The molecule has 106 valence electrons. The molecule has 1 fully saturated rings. The van der Waals surface area contributed by atoms with Crippen LogP contribution in [0.2, 0.25) is 0 Å². The van der Waals surface area contributed by atoms with Crippen molar-refractivity contribution in [2.45, 2.75) is 31.8 Å². The van der Waals surface area contributed by atoms with Gasteiger partial charge < -0.3 is 5.32 Å². The Morgan fingerprint density at radius 1 is 1.20 bits per heavy atom. The van der Waals surface area contributed by atoms with Crippen LogP contribution < -0.4 is 5.32 Å². The molecule has 3 rings (SSSR count). The van der Waals surface area contributed by atoms with Crippen molar-refractivity contribution in [2.75, 3.05) is 20.1 Å². The molecule has 1 saturated heterocycles. The number of aromatic nitrogens is 1. The predicted molar refractivity (Wildman–Crippen MR) is 83.7 cm³/mol. The van der Waals surface area contributed by atoms with E-state index in [4.69, 9.17) is 0 Å². The van der Waals surface area contributed by atoms with Crippen molar-refractivity contribution in [1.82, 2.24) is 15.2 Å². The Kier molecular flexibility index (Phi) is 3.72. The number of pyridine rings is 1. The van der Waals surface area contributed by atoms with E-state index in [-0.39, 0.29) is 0 Å². The van der Waals surface area contributed by atoms with Crippen molar-refractivity contribution in [3.63, 3.8) is 0 Å². The maximum atomic E-state index is 4.44. The maximum absolute atomic E-state index is 4.44. The lowest BCUT2D eigenvalue weighted by atomic mass is 9.89. The van der Waals surface area contributed by atoms with Gasteiger partial charge in [-0.15, -0.1) is 0 Å². The largest absolute Gasteiger partial charge is 0.314 e. The molecule has 0 unspecified atom stereocenters. The number of rotatable bonds is 3. The second kappa shape index (κ2) is 5.51. The van der Waals surface area contributed by atoms with E-state index in [1.807, 2.05) is 6.20 Å². The lowest BCUT2D eigenvalue weighted by Gasteiger charge is -2.39. The Balaban J connectivity index is 1.75. The lowest BCUT2D eigenvalue weighted by Crippen LogP contribution is -2.49. The van der Waals surface area contributed by atoms with E-state index in [1.165, 1.54) is 23.8 Å². The summed E-state index contributed by atoms with van der Waals surface area (Å²) >= 11 is 0. The summed E-state index contributed by atoms with van der Waals surface area (Å²) < 4.78 is 0. The fraction of sp³-hybridized carbons (Fsp3) is 0.471. The monoisotopic (exact) mass is 269 g/mol. The van der Waals surface area contributed by atoms with Crippen LogP contribution in [0.4, 0.5) is 0 Å². The second-order valence-corrected chi connectivity index (χ2v) is 6.07. The van der Waals surface area contributed by atoms with Gasteiger partial charge in [0.1, 0.15) is 0 Å². The SMILES string of the molecule is CNC1(C)CCN(Cc2ccnc3ccccc23)CC1. The summed E-state index contributed by atoms with van der Waals surface area (Å²) in [4.78, 5) is 7.00. The zero-order valence-corrected chi connectivity index (χ0v) is 12.4. The number of benzene rings is 1. The van der Waals surface area contributed by atoms with Gasteiger partial charge in [0.2, 0.25) is 0 Å². The molecule has 0 radical (unpaired) electrons. The van der Waals surface area contributed by atoms with Crippen LogP contribution in [0.25, 0.3) is 10.9 Å². The van der Waals surface area contributed by atoms with E-state index < -0.39 is 0 Å². The second-order valence-electron chi connectivity index (χ2n) is 6.07. The van der Waals surface area contributed by atoms with Crippen LogP contribution in [-0.4, -0.2) is 35.6 Å². The van der Waals surface area contributed by atoms with Gasteiger partial charge in [0.05, 0.1) is 5.52 Å². The Hall–Kier alpha value is -1.45. The number of fused-ring (bicyclic) bond motifs is 1. The van der Waals surface area contributed by atoms with E-state index in [0.717, 1.165) is 25.2 Å². The van der Waals surface area contributed by atoms with E-state index in [1.54, 1.807) is 0 Å². The summed E-state index contributed by atoms with van der Waals surface area (Å²) in [5.41, 5.74) is 2.81. The first-order chi connectivity index (χ1) is 9.70. The van der Waals surface area contributed by atoms with Gasteiger partial charge in [-0.05, 0) is 44.5 Å². The smallest absolute Gasteiger partial charge is 0.0705 e. The number of hydrogen-bond acceptors (Lipinski definition) is 3. The Morgan fingerprint density at radius 2 is 1.95 bits per heavy atom. The van der Waals surface area contributed by atoms with E-state index in [0.29, 0.717) is 5.54 Å². The average Bonchev–Trinajstić information content (AvgIpc) is 2.50. The van der Waals surface area contributed by atoms with Gasteiger partial charge in [0.15, 0.2) is 0 Å². The number of piperidine rings is 1. The molecule has 1 aliphatic heterocycles. The van der Waals surface area contributed by atoms with Gasteiger partial charge in [-0.2, -0.15) is 0 Å². The Bertz CT molecular complexity index is 580. The minimum absolute atomic E-state index is 0.316. The molecule has 20 heavy (non-hydrogen) atoms.